The van der Waals surface area contributed by atoms with Gasteiger partial charge in [-0.25, -0.2) is 9.97 Å². The van der Waals surface area contributed by atoms with E-state index in [1.165, 1.54) is 0 Å². The van der Waals surface area contributed by atoms with Crippen LogP contribution in [0, 0.1) is 6.92 Å². The van der Waals surface area contributed by atoms with Crippen molar-refractivity contribution in [1.29, 1.82) is 0 Å². The highest BCUT2D eigenvalue weighted by Crippen LogP contribution is 2.27. The average Bonchev–Trinajstić information content (AvgIpc) is 2.37. The summed E-state index contributed by atoms with van der Waals surface area (Å²) in [6.45, 7) is 4.56. The zero-order valence-corrected chi connectivity index (χ0v) is 11.9. The van der Waals surface area contributed by atoms with Crippen molar-refractivity contribution < 1.29 is 5.11 Å². The molecule has 1 aliphatic rings. The predicted molar refractivity (Wildman–Crippen MR) is 76.1 cm³/mol. The Labute approximate surface area is 113 Å². The molecule has 0 saturated carbocycles. The van der Waals surface area contributed by atoms with Gasteiger partial charge in [-0.15, -0.1) is 0 Å². The van der Waals surface area contributed by atoms with Crippen molar-refractivity contribution in [1.82, 2.24) is 9.97 Å². The number of thioether (sulfide) groups is 1. The molecule has 0 bridgehead atoms. The lowest BCUT2D eigenvalue weighted by Gasteiger charge is -2.32. The minimum Gasteiger partial charge on any atom is -0.388 e. The van der Waals surface area contributed by atoms with Crippen molar-refractivity contribution in [3.63, 3.8) is 0 Å². The van der Waals surface area contributed by atoms with E-state index in [2.05, 4.69) is 22.2 Å². The fraction of sp³-hybridized carbons (Fsp3) is 0.692. The van der Waals surface area contributed by atoms with Crippen LogP contribution in [0.15, 0.2) is 6.07 Å². The summed E-state index contributed by atoms with van der Waals surface area (Å²) < 4.78 is 0. The molecule has 0 atom stereocenters. The van der Waals surface area contributed by atoms with Crippen LogP contribution in [-0.2, 0) is 6.42 Å². The molecule has 0 aliphatic carbocycles. The van der Waals surface area contributed by atoms with Crippen molar-refractivity contribution >= 4 is 17.6 Å². The van der Waals surface area contributed by atoms with E-state index < -0.39 is 5.60 Å². The third-order valence-corrected chi connectivity index (χ3v) is 4.26. The Morgan fingerprint density at radius 3 is 2.78 bits per heavy atom. The summed E-state index contributed by atoms with van der Waals surface area (Å²) in [5, 5.41) is 13.7. The van der Waals surface area contributed by atoms with E-state index in [-0.39, 0.29) is 0 Å². The third-order valence-electron chi connectivity index (χ3n) is 3.28. The van der Waals surface area contributed by atoms with Gasteiger partial charge >= 0.3 is 0 Å². The number of hydrogen-bond acceptors (Lipinski definition) is 5. The second-order valence-corrected chi connectivity index (χ2v) is 6.06. The van der Waals surface area contributed by atoms with Gasteiger partial charge in [-0.3, -0.25) is 0 Å². The normalized spacial score (nSPS) is 18.6. The van der Waals surface area contributed by atoms with E-state index in [0.717, 1.165) is 48.1 Å². The maximum Gasteiger partial charge on any atom is 0.130 e. The summed E-state index contributed by atoms with van der Waals surface area (Å²) in [7, 11) is 0. The van der Waals surface area contributed by atoms with Gasteiger partial charge in [0.25, 0.3) is 0 Å². The standard InChI is InChI=1S/C13H21N3OS/c1-3-11-8-12(16-10(2)15-11)14-9-13(17)4-6-18-7-5-13/h8,17H,3-7,9H2,1-2H3,(H,14,15,16). The summed E-state index contributed by atoms with van der Waals surface area (Å²) in [6.07, 6.45) is 2.61. The van der Waals surface area contributed by atoms with Crippen molar-refractivity contribution in [3.8, 4) is 0 Å². The number of nitrogens with zero attached hydrogens (tertiary/aromatic N) is 2. The van der Waals surface area contributed by atoms with Gasteiger partial charge in [-0.2, -0.15) is 11.8 Å². The molecule has 0 amide bonds. The molecule has 100 valence electrons. The van der Waals surface area contributed by atoms with Crippen LogP contribution in [0.2, 0.25) is 0 Å². The molecule has 1 saturated heterocycles. The van der Waals surface area contributed by atoms with Crippen LogP contribution < -0.4 is 5.32 Å². The lowest BCUT2D eigenvalue weighted by molar-refractivity contribution is 0.0453. The number of anilines is 1. The molecule has 2 heterocycles. The number of aliphatic hydroxyl groups is 1. The second-order valence-electron chi connectivity index (χ2n) is 4.84. The van der Waals surface area contributed by atoms with Crippen molar-refractivity contribution in [2.24, 2.45) is 0 Å². The molecule has 18 heavy (non-hydrogen) atoms. The number of rotatable bonds is 4. The maximum atomic E-state index is 10.4. The second kappa shape index (κ2) is 5.89. The number of aryl methyl sites for hydroxylation is 2. The van der Waals surface area contributed by atoms with Gasteiger partial charge < -0.3 is 10.4 Å². The molecule has 2 N–H and O–H groups in total. The zero-order valence-electron chi connectivity index (χ0n) is 11.1. The van der Waals surface area contributed by atoms with Gasteiger partial charge in [0.05, 0.1) is 5.60 Å². The Bertz CT molecular complexity index is 405. The summed E-state index contributed by atoms with van der Waals surface area (Å²) in [5.41, 5.74) is 0.465. The highest BCUT2D eigenvalue weighted by Gasteiger charge is 2.29. The van der Waals surface area contributed by atoms with Gasteiger partial charge in [-0.1, -0.05) is 6.92 Å². The zero-order chi connectivity index (χ0) is 13.0. The Balaban J connectivity index is 1.98. The Morgan fingerprint density at radius 1 is 1.39 bits per heavy atom. The van der Waals surface area contributed by atoms with Crippen LogP contribution >= 0.6 is 11.8 Å². The smallest absolute Gasteiger partial charge is 0.130 e. The SMILES string of the molecule is CCc1cc(NCC2(O)CCSCC2)nc(C)n1. The van der Waals surface area contributed by atoms with E-state index in [1.807, 2.05) is 24.8 Å². The van der Waals surface area contributed by atoms with Crippen LogP contribution in [0.5, 0.6) is 0 Å². The van der Waals surface area contributed by atoms with E-state index >= 15 is 0 Å². The summed E-state index contributed by atoms with van der Waals surface area (Å²) in [5.74, 6) is 3.69. The summed E-state index contributed by atoms with van der Waals surface area (Å²) in [4.78, 5) is 8.71. The molecular weight excluding hydrogens is 246 g/mol. The molecule has 0 spiro atoms. The first kappa shape index (κ1) is 13.6. The first-order valence-electron chi connectivity index (χ1n) is 6.50. The molecule has 0 radical (unpaired) electrons. The largest absolute Gasteiger partial charge is 0.388 e. The highest BCUT2D eigenvalue weighted by molar-refractivity contribution is 7.99. The molecule has 1 aliphatic heterocycles. The number of aromatic nitrogens is 2. The number of hydrogen-bond donors (Lipinski definition) is 2. The molecule has 1 fully saturated rings. The van der Waals surface area contributed by atoms with E-state index in [9.17, 15) is 5.11 Å². The monoisotopic (exact) mass is 267 g/mol. The molecule has 2 rings (SSSR count). The lowest BCUT2D eigenvalue weighted by Crippen LogP contribution is -2.40. The van der Waals surface area contributed by atoms with Crippen molar-refractivity contribution in [2.45, 2.75) is 38.7 Å². The first-order chi connectivity index (χ1) is 8.61. The Morgan fingerprint density at radius 2 is 2.11 bits per heavy atom. The van der Waals surface area contributed by atoms with Crippen LogP contribution in [0.3, 0.4) is 0 Å². The minimum absolute atomic E-state index is 0.573. The molecular formula is C13H21N3OS. The summed E-state index contributed by atoms with van der Waals surface area (Å²) in [6, 6.07) is 1.97. The van der Waals surface area contributed by atoms with Gasteiger partial charge in [0.2, 0.25) is 0 Å². The van der Waals surface area contributed by atoms with Crippen LogP contribution in [0.25, 0.3) is 0 Å². The van der Waals surface area contributed by atoms with Crippen LogP contribution in [0.4, 0.5) is 5.82 Å². The molecule has 5 heteroatoms. The predicted octanol–water partition coefficient (Wildman–Crippen LogP) is 2.02. The van der Waals surface area contributed by atoms with Gasteiger partial charge in [0.15, 0.2) is 0 Å². The van der Waals surface area contributed by atoms with E-state index in [1.54, 1.807) is 0 Å². The quantitative estimate of drug-likeness (QED) is 0.874. The highest BCUT2D eigenvalue weighted by atomic mass is 32.2. The number of nitrogens with one attached hydrogen (secondary N) is 1. The van der Waals surface area contributed by atoms with E-state index in [0.29, 0.717) is 6.54 Å². The first-order valence-corrected chi connectivity index (χ1v) is 7.65. The Hall–Kier alpha value is -0.810. The third kappa shape index (κ3) is 3.59. The Kier molecular flexibility index (Phi) is 4.45. The fourth-order valence-electron chi connectivity index (χ4n) is 2.08. The van der Waals surface area contributed by atoms with Gasteiger partial charge in [0.1, 0.15) is 11.6 Å². The molecule has 0 aromatic carbocycles. The topological polar surface area (TPSA) is 58.0 Å². The van der Waals surface area contributed by atoms with Crippen molar-refractivity contribution in [3.05, 3.63) is 17.6 Å². The van der Waals surface area contributed by atoms with Gasteiger partial charge in [-0.05, 0) is 37.7 Å². The molecule has 0 unspecified atom stereocenters. The van der Waals surface area contributed by atoms with E-state index in [4.69, 9.17) is 0 Å². The molecule has 1 aromatic rings. The summed E-state index contributed by atoms with van der Waals surface area (Å²) >= 11 is 1.91. The van der Waals surface area contributed by atoms with Crippen LogP contribution in [-0.4, -0.2) is 38.7 Å². The minimum atomic E-state index is -0.573. The van der Waals surface area contributed by atoms with Crippen LogP contribution in [0.1, 0.15) is 31.3 Å². The maximum absolute atomic E-state index is 10.4. The molecule has 4 nitrogen and oxygen atoms in total. The lowest BCUT2D eigenvalue weighted by atomic mass is 9.97. The van der Waals surface area contributed by atoms with Gasteiger partial charge in [0, 0.05) is 18.3 Å². The average molecular weight is 267 g/mol. The fourth-order valence-corrected chi connectivity index (χ4v) is 3.34. The molecule has 1 aromatic heterocycles. The van der Waals surface area contributed by atoms with Crippen molar-refractivity contribution in [2.75, 3.05) is 23.4 Å².